The van der Waals surface area contributed by atoms with Crippen LogP contribution in [0, 0.1) is 12.7 Å². The van der Waals surface area contributed by atoms with E-state index in [0.29, 0.717) is 44.1 Å². The molecule has 0 spiro atoms. The third-order valence-corrected chi connectivity index (χ3v) is 5.59. The van der Waals surface area contributed by atoms with Gasteiger partial charge in [-0.25, -0.2) is 9.37 Å². The Morgan fingerprint density at radius 2 is 2.00 bits per heavy atom. The van der Waals surface area contributed by atoms with Crippen LogP contribution >= 0.6 is 0 Å². The van der Waals surface area contributed by atoms with Crippen LogP contribution < -0.4 is 15.5 Å². The van der Waals surface area contributed by atoms with Crippen LogP contribution in [0.15, 0.2) is 47.6 Å². The molecule has 3 rings (SSSR count). The first-order chi connectivity index (χ1) is 15.5. The molecular formula is C24H33FN6O. The summed E-state index contributed by atoms with van der Waals surface area (Å²) >= 11 is 0. The zero-order chi connectivity index (χ0) is 22.9. The van der Waals surface area contributed by atoms with Gasteiger partial charge in [0, 0.05) is 45.3 Å². The van der Waals surface area contributed by atoms with Crippen molar-refractivity contribution in [2.45, 2.75) is 33.2 Å². The molecule has 2 N–H and O–H groups in total. The molecule has 0 saturated carbocycles. The standard InChI is InChI=1S/C24H33FN6O/c1-4-26-24(29-19(3)20-9-8-18(2)21(25)17-20)28-12-10-23(32)31-15-13-30(14-16-31)22-7-5-6-11-27-22/h5-9,11,17,19H,4,10,12-16H2,1-3H3,(H2,26,28,29). The van der Waals surface area contributed by atoms with E-state index in [2.05, 4.69) is 25.5 Å². The topological polar surface area (TPSA) is 72.9 Å². The molecule has 1 aliphatic rings. The summed E-state index contributed by atoms with van der Waals surface area (Å²) in [5.41, 5.74) is 1.47. The van der Waals surface area contributed by atoms with E-state index in [1.807, 2.05) is 43.0 Å². The number of guanidine groups is 1. The van der Waals surface area contributed by atoms with Gasteiger partial charge >= 0.3 is 0 Å². The van der Waals surface area contributed by atoms with E-state index >= 15 is 0 Å². The van der Waals surface area contributed by atoms with E-state index in [4.69, 9.17) is 0 Å². The van der Waals surface area contributed by atoms with E-state index in [0.717, 1.165) is 24.5 Å². The number of rotatable bonds is 7. The largest absolute Gasteiger partial charge is 0.357 e. The number of amides is 1. The van der Waals surface area contributed by atoms with Gasteiger partial charge in [-0.3, -0.25) is 9.79 Å². The monoisotopic (exact) mass is 440 g/mol. The summed E-state index contributed by atoms with van der Waals surface area (Å²) in [6.07, 6.45) is 2.14. The molecule has 1 amide bonds. The average molecular weight is 441 g/mol. The predicted molar refractivity (Wildman–Crippen MR) is 126 cm³/mol. The molecule has 172 valence electrons. The van der Waals surface area contributed by atoms with Crippen molar-refractivity contribution in [1.82, 2.24) is 20.5 Å². The van der Waals surface area contributed by atoms with Gasteiger partial charge in [0.2, 0.25) is 5.91 Å². The highest BCUT2D eigenvalue weighted by molar-refractivity contribution is 5.81. The number of aromatic nitrogens is 1. The van der Waals surface area contributed by atoms with Crippen molar-refractivity contribution in [2.75, 3.05) is 44.2 Å². The average Bonchev–Trinajstić information content (AvgIpc) is 2.81. The molecule has 0 radical (unpaired) electrons. The first-order valence-electron chi connectivity index (χ1n) is 11.2. The molecule has 8 heteroatoms. The third kappa shape index (κ3) is 6.42. The summed E-state index contributed by atoms with van der Waals surface area (Å²) in [5, 5.41) is 6.48. The number of hydrogen-bond donors (Lipinski definition) is 2. The molecule has 1 saturated heterocycles. The smallest absolute Gasteiger partial charge is 0.224 e. The second kappa shape index (κ2) is 11.5. The lowest BCUT2D eigenvalue weighted by atomic mass is 10.1. The number of aryl methyl sites for hydroxylation is 1. The second-order valence-corrected chi connectivity index (χ2v) is 7.94. The van der Waals surface area contributed by atoms with Crippen molar-refractivity contribution in [1.29, 1.82) is 0 Å². The molecule has 1 atom stereocenters. The molecule has 0 bridgehead atoms. The van der Waals surface area contributed by atoms with Crippen LogP contribution in [0.2, 0.25) is 0 Å². The van der Waals surface area contributed by atoms with Gasteiger partial charge in [0.15, 0.2) is 5.96 Å². The molecule has 7 nitrogen and oxygen atoms in total. The SMILES string of the molecule is CCNC(=NCCC(=O)N1CCN(c2ccccn2)CC1)NC(C)c1ccc(C)c(F)c1. The Bertz CT molecular complexity index is 912. The number of nitrogens with one attached hydrogen (secondary N) is 2. The van der Waals surface area contributed by atoms with Gasteiger partial charge < -0.3 is 20.4 Å². The lowest BCUT2D eigenvalue weighted by molar-refractivity contribution is -0.131. The van der Waals surface area contributed by atoms with Gasteiger partial charge in [-0.15, -0.1) is 0 Å². The lowest BCUT2D eigenvalue weighted by Crippen LogP contribution is -2.49. The van der Waals surface area contributed by atoms with E-state index in [1.54, 1.807) is 25.3 Å². The van der Waals surface area contributed by atoms with Gasteiger partial charge in [0.25, 0.3) is 0 Å². The summed E-state index contributed by atoms with van der Waals surface area (Å²) in [6, 6.07) is 11.0. The Kier molecular flexibility index (Phi) is 8.41. The molecule has 32 heavy (non-hydrogen) atoms. The molecular weight excluding hydrogens is 407 g/mol. The molecule has 1 aromatic carbocycles. The number of benzene rings is 1. The van der Waals surface area contributed by atoms with E-state index in [1.165, 1.54) is 0 Å². The number of piperazine rings is 1. The Balaban J connectivity index is 1.48. The highest BCUT2D eigenvalue weighted by Crippen LogP contribution is 2.16. The molecule has 0 aliphatic carbocycles. The zero-order valence-electron chi connectivity index (χ0n) is 19.1. The number of carbonyl (C=O) groups is 1. The van der Waals surface area contributed by atoms with Crippen LogP contribution in [0.1, 0.15) is 37.4 Å². The summed E-state index contributed by atoms with van der Waals surface area (Å²) in [5.74, 6) is 1.47. The fourth-order valence-electron chi connectivity index (χ4n) is 3.63. The summed E-state index contributed by atoms with van der Waals surface area (Å²) in [6.45, 7) is 9.72. The summed E-state index contributed by atoms with van der Waals surface area (Å²) in [4.78, 5) is 25.7. The lowest BCUT2D eigenvalue weighted by Gasteiger charge is -2.35. The van der Waals surface area contributed by atoms with Crippen LogP contribution in [-0.2, 0) is 4.79 Å². The quantitative estimate of drug-likeness (QED) is 0.512. The number of nitrogens with zero attached hydrogens (tertiary/aromatic N) is 4. The van der Waals surface area contributed by atoms with Gasteiger partial charge in [-0.05, 0) is 50.1 Å². The summed E-state index contributed by atoms with van der Waals surface area (Å²) in [7, 11) is 0. The van der Waals surface area contributed by atoms with Gasteiger partial charge in [0.1, 0.15) is 11.6 Å². The van der Waals surface area contributed by atoms with E-state index in [9.17, 15) is 9.18 Å². The first-order valence-corrected chi connectivity index (χ1v) is 11.2. The maximum absolute atomic E-state index is 13.9. The number of hydrogen-bond acceptors (Lipinski definition) is 4. The fourth-order valence-corrected chi connectivity index (χ4v) is 3.63. The summed E-state index contributed by atoms with van der Waals surface area (Å²) < 4.78 is 13.9. The molecule has 1 aliphatic heterocycles. The molecule has 1 unspecified atom stereocenters. The molecule has 2 aromatic rings. The highest BCUT2D eigenvalue weighted by Gasteiger charge is 2.21. The molecule has 1 aromatic heterocycles. The molecule has 1 fully saturated rings. The minimum atomic E-state index is -0.216. The minimum Gasteiger partial charge on any atom is -0.357 e. The Morgan fingerprint density at radius 1 is 1.22 bits per heavy atom. The van der Waals surface area contributed by atoms with Crippen molar-refractivity contribution in [3.63, 3.8) is 0 Å². The minimum absolute atomic E-state index is 0.110. The molecule has 2 heterocycles. The van der Waals surface area contributed by atoms with Gasteiger partial charge in [-0.2, -0.15) is 0 Å². The van der Waals surface area contributed by atoms with Crippen LogP contribution in [0.3, 0.4) is 0 Å². The van der Waals surface area contributed by atoms with Crippen LogP contribution in [0.5, 0.6) is 0 Å². The zero-order valence-corrected chi connectivity index (χ0v) is 19.1. The van der Waals surface area contributed by atoms with Crippen LogP contribution in [0.4, 0.5) is 10.2 Å². The number of aliphatic imine (C=N–C) groups is 1. The van der Waals surface area contributed by atoms with Crippen molar-refractivity contribution < 1.29 is 9.18 Å². The normalized spacial score (nSPS) is 15.4. The number of pyridine rings is 1. The van der Waals surface area contributed by atoms with E-state index < -0.39 is 0 Å². The maximum atomic E-state index is 13.9. The highest BCUT2D eigenvalue weighted by atomic mass is 19.1. The number of carbonyl (C=O) groups excluding carboxylic acids is 1. The van der Waals surface area contributed by atoms with Crippen molar-refractivity contribution >= 4 is 17.7 Å². The van der Waals surface area contributed by atoms with Crippen molar-refractivity contribution in [3.8, 4) is 0 Å². The van der Waals surface area contributed by atoms with Crippen molar-refractivity contribution in [3.05, 3.63) is 59.5 Å². The number of anilines is 1. The van der Waals surface area contributed by atoms with Crippen LogP contribution in [-0.4, -0.2) is 61.0 Å². The predicted octanol–water partition coefficient (Wildman–Crippen LogP) is 2.88. The Hall–Kier alpha value is -3.16. The Labute approximate surface area is 189 Å². The van der Waals surface area contributed by atoms with Gasteiger partial charge in [-0.1, -0.05) is 18.2 Å². The van der Waals surface area contributed by atoms with Crippen LogP contribution in [0.25, 0.3) is 0 Å². The van der Waals surface area contributed by atoms with Gasteiger partial charge in [0.05, 0.1) is 12.6 Å². The van der Waals surface area contributed by atoms with Crippen molar-refractivity contribution in [2.24, 2.45) is 4.99 Å². The first kappa shape index (κ1) is 23.5. The fraction of sp³-hybridized carbons (Fsp3) is 0.458. The Morgan fingerprint density at radius 3 is 2.66 bits per heavy atom. The second-order valence-electron chi connectivity index (χ2n) is 7.94. The third-order valence-electron chi connectivity index (χ3n) is 5.59. The van der Waals surface area contributed by atoms with E-state index in [-0.39, 0.29) is 17.8 Å². The number of halogens is 1. The maximum Gasteiger partial charge on any atom is 0.224 e.